The molecule has 0 saturated carbocycles. The molecule has 0 aliphatic carbocycles. The quantitative estimate of drug-likeness (QED) is 0.616. The van der Waals surface area contributed by atoms with Crippen molar-refractivity contribution in [1.82, 2.24) is 5.43 Å². The second-order valence-corrected chi connectivity index (χ2v) is 5.61. The van der Waals surface area contributed by atoms with E-state index < -0.39 is 0 Å². The minimum Gasteiger partial charge on any atom is -0.454 e. The molecule has 2 heterocycles. The Morgan fingerprint density at radius 3 is 2.81 bits per heavy atom. The van der Waals surface area contributed by atoms with Gasteiger partial charge >= 0.3 is 0 Å². The second kappa shape index (κ2) is 5.90. The van der Waals surface area contributed by atoms with E-state index in [9.17, 15) is 4.79 Å². The number of carbonyl (C=O) groups excluding carboxylic acids is 1. The van der Waals surface area contributed by atoms with E-state index in [0.29, 0.717) is 27.5 Å². The van der Waals surface area contributed by atoms with Gasteiger partial charge in [0.15, 0.2) is 16.2 Å². The molecule has 0 atom stereocenters. The molecule has 1 aliphatic heterocycles. The molecule has 0 spiro atoms. The smallest absolute Gasteiger partial charge is 0.271 e. The van der Waals surface area contributed by atoms with Crippen molar-refractivity contribution in [1.29, 1.82) is 0 Å². The summed E-state index contributed by atoms with van der Waals surface area (Å²) in [5.74, 6) is 1.32. The van der Waals surface area contributed by atoms with Gasteiger partial charge in [0, 0.05) is 11.6 Å². The molecule has 0 bridgehead atoms. The molecule has 0 radical (unpaired) electrons. The van der Waals surface area contributed by atoms with Crippen molar-refractivity contribution >= 4 is 44.0 Å². The molecule has 2 aromatic rings. The van der Waals surface area contributed by atoms with Crippen molar-refractivity contribution in [3.8, 4) is 11.5 Å². The van der Waals surface area contributed by atoms with Crippen molar-refractivity contribution in [3.05, 3.63) is 44.7 Å². The Kier molecular flexibility index (Phi) is 3.98. The fourth-order valence-electron chi connectivity index (χ4n) is 1.68. The van der Waals surface area contributed by atoms with E-state index in [-0.39, 0.29) is 12.7 Å². The predicted molar refractivity (Wildman–Crippen MR) is 81.7 cm³/mol. The number of carbonyl (C=O) groups is 1. The zero-order chi connectivity index (χ0) is 14.8. The highest BCUT2D eigenvalue weighted by Crippen LogP contribution is 2.32. The molecule has 0 saturated heterocycles. The predicted octanol–water partition coefficient (Wildman–Crippen LogP) is 3.30. The van der Waals surface area contributed by atoms with Crippen molar-refractivity contribution < 1.29 is 18.7 Å². The fourth-order valence-corrected chi connectivity index (χ4v) is 2.29. The Morgan fingerprint density at radius 2 is 2.05 bits per heavy atom. The van der Waals surface area contributed by atoms with Gasteiger partial charge in [-0.05, 0) is 50.1 Å². The molecule has 0 fully saturated rings. The molecule has 8 heteroatoms. The first-order chi connectivity index (χ1) is 10.1. The molecule has 21 heavy (non-hydrogen) atoms. The molecular formula is C13H8Br2N2O4. The van der Waals surface area contributed by atoms with E-state index in [1.54, 1.807) is 24.3 Å². The molecule has 108 valence electrons. The number of hydrogen-bond donors (Lipinski definition) is 1. The van der Waals surface area contributed by atoms with E-state index >= 15 is 0 Å². The van der Waals surface area contributed by atoms with E-state index in [2.05, 4.69) is 42.4 Å². The van der Waals surface area contributed by atoms with Gasteiger partial charge in [0.25, 0.3) is 5.91 Å². The van der Waals surface area contributed by atoms with Crippen LogP contribution in [-0.2, 0) is 0 Å². The lowest BCUT2D eigenvalue weighted by Gasteiger charge is -2.01. The summed E-state index contributed by atoms with van der Waals surface area (Å²) in [6.45, 7) is 0.167. The van der Waals surface area contributed by atoms with Crippen LogP contribution in [0.2, 0.25) is 0 Å². The summed E-state index contributed by atoms with van der Waals surface area (Å²) in [5, 5.41) is 3.83. The van der Waals surface area contributed by atoms with Gasteiger partial charge < -0.3 is 13.9 Å². The molecule has 1 N–H and O–H groups in total. The maximum atomic E-state index is 11.9. The van der Waals surface area contributed by atoms with Gasteiger partial charge in [-0.25, -0.2) is 5.43 Å². The van der Waals surface area contributed by atoms with Gasteiger partial charge in [-0.2, -0.15) is 5.10 Å². The van der Waals surface area contributed by atoms with Crippen LogP contribution in [0.3, 0.4) is 0 Å². The minimum absolute atomic E-state index is 0.167. The Labute approximate surface area is 136 Å². The zero-order valence-corrected chi connectivity index (χ0v) is 13.6. The number of halogens is 2. The summed E-state index contributed by atoms with van der Waals surface area (Å²) in [7, 11) is 0. The first-order valence-corrected chi connectivity index (χ1v) is 7.40. The van der Waals surface area contributed by atoms with Crippen LogP contribution in [0.5, 0.6) is 11.5 Å². The summed E-state index contributed by atoms with van der Waals surface area (Å²) >= 11 is 6.50. The van der Waals surface area contributed by atoms with Gasteiger partial charge in [-0.1, -0.05) is 0 Å². The third kappa shape index (κ3) is 3.11. The van der Waals surface area contributed by atoms with Crippen LogP contribution in [0.25, 0.3) is 0 Å². The monoisotopic (exact) mass is 414 g/mol. The zero-order valence-electron chi connectivity index (χ0n) is 10.4. The maximum Gasteiger partial charge on any atom is 0.271 e. The van der Waals surface area contributed by atoms with E-state index in [1.165, 1.54) is 6.21 Å². The van der Waals surface area contributed by atoms with Crippen LogP contribution >= 0.6 is 31.9 Å². The van der Waals surface area contributed by atoms with Gasteiger partial charge in [0.1, 0.15) is 5.76 Å². The van der Waals surface area contributed by atoms with Gasteiger partial charge in [0.2, 0.25) is 6.79 Å². The van der Waals surface area contributed by atoms with Crippen LogP contribution < -0.4 is 14.9 Å². The summed E-state index contributed by atoms with van der Waals surface area (Å²) in [6, 6.07) is 6.65. The summed E-state index contributed by atoms with van der Waals surface area (Å²) in [6.07, 6.45) is 1.40. The minimum atomic E-state index is -0.353. The van der Waals surface area contributed by atoms with Crippen LogP contribution in [0.15, 0.2) is 42.9 Å². The topological polar surface area (TPSA) is 73.1 Å². The van der Waals surface area contributed by atoms with Gasteiger partial charge in [-0.3, -0.25) is 4.79 Å². The molecule has 1 aromatic carbocycles. The first kappa shape index (κ1) is 14.2. The average Bonchev–Trinajstić information content (AvgIpc) is 3.05. The number of furan rings is 1. The van der Waals surface area contributed by atoms with E-state index in [1.807, 2.05) is 0 Å². The lowest BCUT2D eigenvalue weighted by Crippen LogP contribution is -2.17. The number of nitrogens with one attached hydrogen (secondary N) is 1. The highest BCUT2D eigenvalue weighted by molar-refractivity contribution is 9.13. The summed E-state index contributed by atoms with van der Waals surface area (Å²) in [4.78, 5) is 11.9. The summed E-state index contributed by atoms with van der Waals surface area (Å²) in [5.41, 5.74) is 2.84. The van der Waals surface area contributed by atoms with Crippen LogP contribution in [0, 0.1) is 0 Å². The molecule has 6 nitrogen and oxygen atoms in total. The number of hydrazone groups is 1. The third-order valence-electron chi connectivity index (χ3n) is 2.66. The van der Waals surface area contributed by atoms with Crippen molar-refractivity contribution in [3.63, 3.8) is 0 Å². The van der Waals surface area contributed by atoms with Gasteiger partial charge in [0.05, 0.1) is 10.7 Å². The fraction of sp³-hybridized carbons (Fsp3) is 0.0769. The highest BCUT2D eigenvalue weighted by atomic mass is 79.9. The number of amides is 1. The average molecular weight is 416 g/mol. The van der Waals surface area contributed by atoms with Crippen LogP contribution in [0.1, 0.15) is 16.1 Å². The second-order valence-electron chi connectivity index (χ2n) is 4.04. The number of ether oxygens (including phenoxy) is 2. The third-order valence-corrected chi connectivity index (χ3v) is 4.37. The number of rotatable bonds is 3. The van der Waals surface area contributed by atoms with E-state index in [0.717, 1.165) is 4.47 Å². The maximum absolute atomic E-state index is 11.9. The van der Waals surface area contributed by atoms with E-state index in [4.69, 9.17) is 13.9 Å². The SMILES string of the molecule is O=C(NN=Cc1cc(Br)c(Br)o1)c1ccc2c(c1)OCO2. The molecule has 1 aromatic heterocycles. The number of hydrogen-bond acceptors (Lipinski definition) is 5. The molecule has 3 rings (SSSR count). The number of fused-ring (bicyclic) bond motifs is 1. The Bertz CT molecular complexity index is 707. The molecule has 1 amide bonds. The molecule has 0 unspecified atom stereocenters. The van der Waals surface area contributed by atoms with Crippen molar-refractivity contribution in [2.24, 2.45) is 5.10 Å². The van der Waals surface area contributed by atoms with Crippen molar-refractivity contribution in [2.75, 3.05) is 6.79 Å². The summed E-state index contributed by atoms with van der Waals surface area (Å²) < 4.78 is 17.0. The molecular weight excluding hydrogens is 408 g/mol. The first-order valence-electron chi connectivity index (χ1n) is 5.81. The molecule has 1 aliphatic rings. The lowest BCUT2D eigenvalue weighted by molar-refractivity contribution is 0.0954. The lowest BCUT2D eigenvalue weighted by atomic mass is 10.2. The largest absolute Gasteiger partial charge is 0.454 e. The Morgan fingerprint density at radius 1 is 1.24 bits per heavy atom. The van der Waals surface area contributed by atoms with Crippen LogP contribution in [0.4, 0.5) is 0 Å². The van der Waals surface area contributed by atoms with Gasteiger partial charge in [-0.15, -0.1) is 0 Å². The Balaban J connectivity index is 1.66. The van der Waals surface area contributed by atoms with Crippen LogP contribution in [-0.4, -0.2) is 18.9 Å². The Hall–Kier alpha value is -1.80. The van der Waals surface area contributed by atoms with Crippen molar-refractivity contribution in [2.45, 2.75) is 0 Å². The standard InChI is InChI=1S/C13H8Br2N2O4/c14-9-4-8(21-12(9)15)5-16-17-13(18)7-1-2-10-11(3-7)20-6-19-10/h1-5H,6H2,(H,17,18). The number of benzene rings is 1. The highest BCUT2D eigenvalue weighted by Gasteiger charge is 2.15. The number of nitrogens with zero attached hydrogens (tertiary/aromatic N) is 1. The normalized spacial score (nSPS) is 12.9.